The van der Waals surface area contributed by atoms with E-state index in [0.29, 0.717) is 22.1 Å². The molecular weight excluding hydrogens is 422 g/mol. The molecule has 0 saturated heterocycles. The molecule has 1 unspecified atom stereocenters. The second-order valence-corrected chi connectivity index (χ2v) is 8.83. The van der Waals surface area contributed by atoms with E-state index < -0.39 is 6.04 Å². The zero-order chi connectivity index (χ0) is 21.4. The molecule has 3 aromatic rings. The maximum atomic E-state index is 12.9. The number of amides is 2. The van der Waals surface area contributed by atoms with Crippen LogP contribution >= 0.6 is 22.9 Å². The Morgan fingerprint density at radius 3 is 2.73 bits per heavy atom. The van der Waals surface area contributed by atoms with Gasteiger partial charge in [0, 0.05) is 10.4 Å². The summed E-state index contributed by atoms with van der Waals surface area (Å²) in [6.45, 7) is 5.53. The monoisotopic (exact) mass is 441 g/mol. The number of para-hydroxylation sites is 1. The SMILES string of the molecule is Cc1nc(-c2ccc3c(c2)N(C(C)C(=O)Nc2ccccc2Cl)C(=O)CO3)c(C)s1. The van der Waals surface area contributed by atoms with Crippen LogP contribution in [0.15, 0.2) is 42.5 Å². The van der Waals surface area contributed by atoms with E-state index in [1.807, 2.05) is 32.0 Å². The summed E-state index contributed by atoms with van der Waals surface area (Å²) < 4.78 is 5.60. The van der Waals surface area contributed by atoms with Gasteiger partial charge in [-0.05, 0) is 51.1 Å². The van der Waals surface area contributed by atoms with Crippen molar-refractivity contribution in [1.29, 1.82) is 0 Å². The molecule has 2 aromatic carbocycles. The van der Waals surface area contributed by atoms with Crippen molar-refractivity contribution >= 4 is 46.1 Å². The third-order valence-electron chi connectivity index (χ3n) is 4.91. The molecule has 1 N–H and O–H groups in total. The van der Waals surface area contributed by atoms with Gasteiger partial charge in [-0.2, -0.15) is 0 Å². The van der Waals surface area contributed by atoms with Gasteiger partial charge in [0.2, 0.25) is 5.91 Å². The van der Waals surface area contributed by atoms with Crippen LogP contribution < -0.4 is 15.0 Å². The van der Waals surface area contributed by atoms with Crippen LogP contribution in [0.1, 0.15) is 16.8 Å². The average Bonchev–Trinajstić information content (AvgIpc) is 3.06. The van der Waals surface area contributed by atoms with E-state index in [9.17, 15) is 9.59 Å². The van der Waals surface area contributed by atoms with Crippen molar-refractivity contribution in [1.82, 2.24) is 4.98 Å². The van der Waals surface area contributed by atoms with Crippen LogP contribution in [0.3, 0.4) is 0 Å². The van der Waals surface area contributed by atoms with Crippen LogP contribution in [0.4, 0.5) is 11.4 Å². The number of thiazole rings is 1. The molecule has 4 rings (SSSR count). The molecular formula is C22H20ClN3O3S. The predicted molar refractivity (Wildman–Crippen MR) is 120 cm³/mol. The molecule has 0 radical (unpaired) electrons. The van der Waals surface area contributed by atoms with E-state index in [-0.39, 0.29) is 18.4 Å². The molecule has 1 aromatic heterocycles. The van der Waals surface area contributed by atoms with Gasteiger partial charge in [-0.3, -0.25) is 14.5 Å². The fourth-order valence-corrected chi connectivity index (χ4v) is 4.48. The third-order valence-corrected chi connectivity index (χ3v) is 6.13. The Hall–Kier alpha value is -2.90. The predicted octanol–water partition coefficient (Wildman–Crippen LogP) is 4.83. The molecule has 1 aliphatic heterocycles. The smallest absolute Gasteiger partial charge is 0.265 e. The molecule has 2 amide bonds. The fourth-order valence-electron chi connectivity index (χ4n) is 3.46. The molecule has 30 heavy (non-hydrogen) atoms. The lowest BCUT2D eigenvalue weighted by Crippen LogP contribution is -2.49. The van der Waals surface area contributed by atoms with Gasteiger partial charge < -0.3 is 10.1 Å². The highest BCUT2D eigenvalue weighted by Crippen LogP contribution is 2.38. The number of rotatable bonds is 4. The lowest BCUT2D eigenvalue weighted by atomic mass is 10.1. The minimum atomic E-state index is -0.759. The van der Waals surface area contributed by atoms with Crippen molar-refractivity contribution in [2.45, 2.75) is 26.8 Å². The van der Waals surface area contributed by atoms with Crippen LogP contribution in [0.2, 0.25) is 5.02 Å². The summed E-state index contributed by atoms with van der Waals surface area (Å²) in [5.74, 6) is -0.0663. The lowest BCUT2D eigenvalue weighted by Gasteiger charge is -2.33. The highest BCUT2D eigenvalue weighted by molar-refractivity contribution is 7.11. The molecule has 8 heteroatoms. The van der Waals surface area contributed by atoms with E-state index >= 15 is 0 Å². The van der Waals surface area contributed by atoms with E-state index in [1.54, 1.807) is 42.5 Å². The summed E-state index contributed by atoms with van der Waals surface area (Å²) in [5.41, 5.74) is 2.79. The van der Waals surface area contributed by atoms with Gasteiger partial charge in [-0.15, -0.1) is 11.3 Å². The average molecular weight is 442 g/mol. The zero-order valence-electron chi connectivity index (χ0n) is 16.7. The van der Waals surface area contributed by atoms with Crippen LogP contribution in [0.5, 0.6) is 5.75 Å². The van der Waals surface area contributed by atoms with Crippen molar-refractivity contribution in [3.05, 3.63) is 57.4 Å². The quantitative estimate of drug-likeness (QED) is 0.629. The zero-order valence-corrected chi connectivity index (χ0v) is 18.3. The van der Waals surface area contributed by atoms with E-state index in [4.69, 9.17) is 16.3 Å². The number of carbonyl (C=O) groups is 2. The number of hydrogen-bond donors (Lipinski definition) is 1. The first-order valence-corrected chi connectivity index (χ1v) is 10.6. The van der Waals surface area contributed by atoms with Crippen molar-refractivity contribution in [2.75, 3.05) is 16.8 Å². The van der Waals surface area contributed by atoms with Crippen molar-refractivity contribution < 1.29 is 14.3 Å². The molecule has 0 saturated carbocycles. The number of ether oxygens (including phenoxy) is 1. The summed E-state index contributed by atoms with van der Waals surface area (Å²) in [7, 11) is 0. The van der Waals surface area contributed by atoms with Gasteiger partial charge in [0.15, 0.2) is 6.61 Å². The summed E-state index contributed by atoms with van der Waals surface area (Å²) in [6, 6.07) is 11.8. The van der Waals surface area contributed by atoms with E-state index in [2.05, 4.69) is 10.3 Å². The molecule has 1 atom stereocenters. The first-order valence-electron chi connectivity index (χ1n) is 9.44. The third kappa shape index (κ3) is 3.78. The Morgan fingerprint density at radius 2 is 2.03 bits per heavy atom. The van der Waals surface area contributed by atoms with E-state index in [0.717, 1.165) is 21.1 Å². The standard InChI is InChI=1S/C22H20ClN3O3S/c1-12(22(28)25-17-7-5-4-6-16(17)23)26-18-10-15(21-13(2)30-14(3)24-21)8-9-19(18)29-11-20(26)27/h4-10,12H,11H2,1-3H3,(H,25,28). The second-order valence-electron chi connectivity index (χ2n) is 7.02. The maximum Gasteiger partial charge on any atom is 0.265 e. The van der Waals surface area contributed by atoms with Crippen LogP contribution in [0.25, 0.3) is 11.3 Å². The molecule has 1 aliphatic rings. The van der Waals surface area contributed by atoms with Crippen molar-refractivity contribution in [2.24, 2.45) is 0 Å². The number of nitrogens with zero attached hydrogens (tertiary/aromatic N) is 2. The van der Waals surface area contributed by atoms with Crippen LogP contribution in [-0.2, 0) is 9.59 Å². The Balaban J connectivity index is 1.68. The maximum absolute atomic E-state index is 12.9. The topological polar surface area (TPSA) is 71.5 Å². The number of aryl methyl sites for hydroxylation is 2. The normalized spacial score (nSPS) is 14.1. The van der Waals surface area contributed by atoms with E-state index in [1.165, 1.54) is 4.90 Å². The number of nitrogens with one attached hydrogen (secondary N) is 1. The lowest BCUT2D eigenvalue weighted by molar-refractivity contribution is -0.125. The molecule has 154 valence electrons. The van der Waals surface area contributed by atoms with Gasteiger partial charge in [0.1, 0.15) is 11.8 Å². The van der Waals surface area contributed by atoms with Crippen LogP contribution in [0, 0.1) is 13.8 Å². The molecule has 0 spiro atoms. The molecule has 0 bridgehead atoms. The van der Waals surface area contributed by atoms with Crippen molar-refractivity contribution in [3.63, 3.8) is 0 Å². The Kier molecular flexibility index (Phi) is 5.49. The van der Waals surface area contributed by atoms with Gasteiger partial charge in [-0.25, -0.2) is 4.98 Å². The largest absolute Gasteiger partial charge is 0.482 e. The summed E-state index contributed by atoms with van der Waals surface area (Å²) in [4.78, 5) is 32.8. The molecule has 6 nitrogen and oxygen atoms in total. The van der Waals surface area contributed by atoms with Gasteiger partial charge in [0.05, 0.1) is 27.1 Å². The van der Waals surface area contributed by atoms with Gasteiger partial charge in [0.25, 0.3) is 5.91 Å². The highest BCUT2D eigenvalue weighted by Gasteiger charge is 2.33. The van der Waals surface area contributed by atoms with Gasteiger partial charge >= 0.3 is 0 Å². The second kappa shape index (κ2) is 8.08. The minimum Gasteiger partial charge on any atom is -0.482 e. The number of halogens is 1. The number of anilines is 2. The molecule has 0 fully saturated rings. The Labute approximate surface area is 183 Å². The Morgan fingerprint density at radius 1 is 1.27 bits per heavy atom. The van der Waals surface area contributed by atoms with Crippen molar-refractivity contribution in [3.8, 4) is 17.0 Å². The van der Waals surface area contributed by atoms with Gasteiger partial charge in [-0.1, -0.05) is 23.7 Å². The summed E-state index contributed by atoms with van der Waals surface area (Å²) in [6.07, 6.45) is 0. The number of aromatic nitrogens is 1. The number of fused-ring (bicyclic) bond motifs is 1. The highest BCUT2D eigenvalue weighted by atomic mass is 35.5. The summed E-state index contributed by atoms with van der Waals surface area (Å²) in [5, 5.41) is 4.20. The first-order chi connectivity index (χ1) is 14.3. The molecule has 2 heterocycles. The minimum absolute atomic E-state index is 0.120. The number of carbonyl (C=O) groups excluding carboxylic acids is 2. The van der Waals surface area contributed by atoms with Crippen LogP contribution in [-0.4, -0.2) is 29.4 Å². The first kappa shape index (κ1) is 20.4. The fraction of sp³-hybridized carbons (Fsp3) is 0.227. The number of benzene rings is 2. The number of hydrogen-bond acceptors (Lipinski definition) is 5. The molecule has 0 aliphatic carbocycles. The Bertz CT molecular complexity index is 1140. The summed E-state index contributed by atoms with van der Waals surface area (Å²) >= 11 is 7.77.